The Balaban J connectivity index is 0. The summed E-state index contributed by atoms with van der Waals surface area (Å²) in [5.41, 5.74) is 0. The minimum atomic E-state index is -5.14. The summed E-state index contributed by atoms with van der Waals surface area (Å²) in [6.07, 6.45) is 11.4. The molecule has 0 amide bonds. The van der Waals surface area contributed by atoms with Gasteiger partial charge in [0.15, 0.2) is 0 Å². The van der Waals surface area contributed by atoms with Gasteiger partial charge in [-0.05, 0) is 27.1 Å². The van der Waals surface area contributed by atoms with Crippen LogP contribution >= 0.6 is 7.91 Å². The van der Waals surface area contributed by atoms with E-state index in [1.54, 1.807) is 0 Å². The second-order valence-corrected chi connectivity index (χ2v) is 5.70. The van der Waals surface area contributed by atoms with Gasteiger partial charge in [-0.25, -0.2) is 4.57 Å². The predicted octanol–water partition coefficient (Wildman–Crippen LogP) is 3.74. The second-order valence-electron chi connectivity index (χ2n) is 4.75. The first-order chi connectivity index (χ1) is 8.27. The van der Waals surface area contributed by atoms with Gasteiger partial charge < -0.3 is 4.90 Å². The Bertz CT molecular complexity index is 201. The molecule has 0 spiro atoms. The normalized spacial score (nSPS) is 11.3. The molecule has 0 aliphatic rings. The van der Waals surface area contributed by atoms with Gasteiger partial charge in [0.2, 0.25) is 0 Å². The van der Waals surface area contributed by atoms with Gasteiger partial charge in [0.05, 0.1) is 0 Å². The number of rotatable bonds is 9. The van der Waals surface area contributed by atoms with E-state index >= 15 is 0 Å². The van der Waals surface area contributed by atoms with Gasteiger partial charge in [0, 0.05) is 0 Å². The molecule has 0 saturated heterocycles. The Labute approximate surface area is 111 Å². The van der Waals surface area contributed by atoms with Crippen LogP contribution in [0.3, 0.4) is 0 Å². The Kier molecular flexibility index (Phi) is 15.2. The predicted molar refractivity (Wildman–Crippen MR) is 74.3 cm³/mol. The van der Waals surface area contributed by atoms with Crippen molar-refractivity contribution in [2.75, 3.05) is 20.6 Å². The van der Waals surface area contributed by atoms with Crippen LogP contribution in [0.5, 0.6) is 0 Å². The summed E-state index contributed by atoms with van der Waals surface area (Å²) >= 11 is 0. The Hall–Kier alpha value is 0.0400. The molecule has 18 heavy (non-hydrogen) atoms. The topological polar surface area (TPSA) is 60.8 Å². The molecular formula is C12H29FNO3P. The van der Waals surface area contributed by atoms with Crippen LogP contribution in [0.4, 0.5) is 4.20 Å². The molecule has 0 aliphatic heterocycles. The molecule has 0 aromatic carbocycles. The summed E-state index contributed by atoms with van der Waals surface area (Å²) in [4.78, 5) is 16.2. The number of hydrogen-bond acceptors (Lipinski definition) is 2. The highest BCUT2D eigenvalue weighted by Gasteiger charge is 2.04. The molecule has 0 bridgehead atoms. The van der Waals surface area contributed by atoms with Crippen molar-refractivity contribution in [1.29, 1.82) is 0 Å². The van der Waals surface area contributed by atoms with Crippen molar-refractivity contribution in [3.05, 3.63) is 0 Å². The fourth-order valence-corrected chi connectivity index (χ4v) is 1.56. The highest BCUT2D eigenvalue weighted by Crippen LogP contribution is 2.34. The quantitative estimate of drug-likeness (QED) is 0.500. The first kappa shape index (κ1) is 20.4. The van der Waals surface area contributed by atoms with E-state index in [4.69, 9.17) is 14.4 Å². The molecule has 0 aromatic rings. The van der Waals surface area contributed by atoms with Crippen LogP contribution in [-0.4, -0.2) is 35.3 Å². The van der Waals surface area contributed by atoms with Crippen molar-refractivity contribution in [2.45, 2.75) is 58.3 Å². The highest BCUT2D eigenvalue weighted by atomic mass is 31.2. The van der Waals surface area contributed by atoms with E-state index in [0.717, 1.165) is 0 Å². The zero-order valence-electron chi connectivity index (χ0n) is 11.9. The van der Waals surface area contributed by atoms with Crippen molar-refractivity contribution in [2.24, 2.45) is 0 Å². The van der Waals surface area contributed by atoms with Gasteiger partial charge in [-0.2, -0.15) is 0 Å². The lowest BCUT2D eigenvalue weighted by Crippen LogP contribution is -2.12. The van der Waals surface area contributed by atoms with Crippen molar-refractivity contribution in [3.63, 3.8) is 0 Å². The lowest BCUT2D eigenvalue weighted by molar-refractivity contribution is 0.322. The number of halogens is 1. The molecule has 0 unspecified atom stereocenters. The van der Waals surface area contributed by atoms with Gasteiger partial charge >= 0.3 is 7.91 Å². The third-order valence-electron chi connectivity index (χ3n) is 2.46. The van der Waals surface area contributed by atoms with E-state index in [2.05, 4.69) is 25.9 Å². The standard InChI is InChI=1S/C12H27N.FH2O3P/c1-4-5-6-7-8-9-10-11-12-13(2)3;1-5(2,3)4/h4-12H2,1-3H3;(H2,2,3,4). The number of nitrogens with zero attached hydrogens (tertiary/aromatic N) is 1. The van der Waals surface area contributed by atoms with Crippen molar-refractivity contribution in [1.82, 2.24) is 4.90 Å². The third-order valence-corrected chi connectivity index (χ3v) is 2.46. The van der Waals surface area contributed by atoms with Gasteiger partial charge in [0.25, 0.3) is 0 Å². The Morgan fingerprint density at radius 1 is 0.944 bits per heavy atom. The maximum Gasteiger partial charge on any atom is 0.507 e. The van der Waals surface area contributed by atoms with Gasteiger partial charge in [0.1, 0.15) is 0 Å². The van der Waals surface area contributed by atoms with Crippen LogP contribution in [0.25, 0.3) is 0 Å². The lowest BCUT2D eigenvalue weighted by Gasteiger charge is -2.08. The minimum Gasteiger partial charge on any atom is -0.309 e. The van der Waals surface area contributed by atoms with E-state index in [0.29, 0.717) is 0 Å². The molecule has 0 saturated carbocycles. The van der Waals surface area contributed by atoms with Crippen LogP contribution in [0, 0.1) is 0 Å². The molecule has 0 rings (SSSR count). The van der Waals surface area contributed by atoms with E-state index in [1.807, 2.05) is 0 Å². The van der Waals surface area contributed by atoms with Crippen molar-refractivity contribution < 1.29 is 18.5 Å². The molecule has 6 heteroatoms. The van der Waals surface area contributed by atoms with Crippen LogP contribution in [-0.2, 0) is 4.57 Å². The molecule has 0 radical (unpaired) electrons. The molecule has 0 atom stereocenters. The summed E-state index contributed by atoms with van der Waals surface area (Å²) in [6, 6.07) is 0. The maximum atomic E-state index is 10.4. The average Bonchev–Trinajstić information content (AvgIpc) is 2.19. The SMILES string of the molecule is CCCCCCCCCCN(C)C.O=P(O)(O)F. The summed E-state index contributed by atoms with van der Waals surface area (Å²) in [5.74, 6) is 0. The summed E-state index contributed by atoms with van der Waals surface area (Å²) in [6.45, 7) is 3.53. The minimum absolute atomic E-state index is 1.26. The Morgan fingerprint density at radius 2 is 1.28 bits per heavy atom. The summed E-state index contributed by atoms with van der Waals surface area (Å²) in [5, 5.41) is 0. The molecule has 0 aliphatic carbocycles. The maximum absolute atomic E-state index is 10.4. The van der Waals surface area contributed by atoms with Crippen LogP contribution in [0.1, 0.15) is 58.3 Å². The highest BCUT2D eigenvalue weighted by molar-refractivity contribution is 7.45. The fourth-order valence-electron chi connectivity index (χ4n) is 1.56. The zero-order chi connectivity index (χ0) is 14.4. The van der Waals surface area contributed by atoms with E-state index < -0.39 is 7.91 Å². The third kappa shape index (κ3) is 36.0. The van der Waals surface area contributed by atoms with Crippen LogP contribution in [0.15, 0.2) is 0 Å². The van der Waals surface area contributed by atoms with Gasteiger partial charge in [-0.3, -0.25) is 9.79 Å². The smallest absolute Gasteiger partial charge is 0.309 e. The molecule has 112 valence electrons. The monoisotopic (exact) mass is 285 g/mol. The van der Waals surface area contributed by atoms with E-state index in [1.165, 1.54) is 57.9 Å². The average molecular weight is 285 g/mol. The number of unbranched alkanes of at least 4 members (excludes halogenated alkanes) is 7. The lowest BCUT2D eigenvalue weighted by atomic mass is 10.1. The van der Waals surface area contributed by atoms with E-state index in [-0.39, 0.29) is 0 Å². The first-order valence-electron chi connectivity index (χ1n) is 6.67. The molecule has 0 aromatic heterocycles. The molecule has 2 N–H and O–H groups in total. The van der Waals surface area contributed by atoms with Crippen molar-refractivity contribution >= 4 is 7.91 Å². The second kappa shape index (κ2) is 13.5. The van der Waals surface area contributed by atoms with E-state index in [9.17, 15) is 4.20 Å². The Morgan fingerprint density at radius 3 is 1.61 bits per heavy atom. The largest absolute Gasteiger partial charge is 0.507 e. The summed E-state index contributed by atoms with van der Waals surface area (Å²) < 4.78 is 19.0. The van der Waals surface area contributed by atoms with Crippen LogP contribution in [0.2, 0.25) is 0 Å². The zero-order valence-corrected chi connectivity index (χ0v) is 12.8. The summed E-state index contributed by atoms with van der Waals surface area (Å²) in [7, 11) is -0.831. The molecule has 0 fully saturated rings. The van der Waals surface area contributed by atoms with Crippen molar-refractivity contribution in [3.8, 4) is 0 Å². The fraction of sp³-hybridized carbons (Fsp3) is 1.00. The molecule has 0 heterocycles. The van der Waals surface area contributed by atoms with Crippen LogP contribution < -0.4 is 0 Å². The van der Waals surface area contributed by atoms with Gasteiger partial charge in [-0.15, -0.1) is 4.20 Å². The molecular weight excluding hydrogens is 256 g/mol. The van der Waals surface area contributed by atoms with Gasteiger partial charge in [-0.1, -0.05) is 51.9 Å². The number of hydrogen-bond donors (Lipinski definition) is 2. The first-order valence-corrected chi connectivity index (χ1v) is 8.17. The molecule has 4 nitrogen and oxygen atoms in total.